The highest BCUT2D eigenvalue weighted by atomic mass is 32.2. The predicted octanol–water partition coefficient (Wildman–Crippen LogP) is 0.436. The summed E-state index contributed by atoms with van der Waals surface area (Å²) in [6, 6.07) is 2.14. The van der Waals surface area contributed by atoms with Gasteiger partial charge in [0.25, 0.3) is 10.0 Å². The van der Waals surface area contributed by atoms with Crippen LogP contribution in [0.5, 0.6) is 0 Å². The van der Waals surface area contributed by atoms with E-state index in [-0.39, 0.29) is 22.4 Å². The first kappa shape index (κ1) is 11.9. The first-order chi connectivity index (χ1) is 9.04. The molecule has 1 aliphatic carbocycles. The zero-order valence-corrected chi connectivity index (χ0v) is 10.5. The van der Waals surface area contributed by atoms with Crippen molar-refractivity contribution in [2.45, 2.75) is 23.7 Å². The van der Waals surface area contributed by atoms with Crippen LogP contribution in [0.2, 0.25) is 0 Å². The Kier molecular flexibility index (Phi) is 2.63. The first-order valence-corrected chi connectivity index (χ1v) is 7.08. The van der Waals surface area contributed by atoms with Gasteiger partial charge in [0.05, 0.1) is 0 Å². The van der Waals surface area contributed by atoms with Crippen molar-refractivity contribution in [1.82, 2.24) is 15.2 Å². The third-order valence-corrected chi connectivity index (χ3v) is 3.97. The molecule has 1 saturated carbocycles. The number of nitrogens with zero attached hydrogens (tertiary/aromatic N) is 2. The largest absolute Gasteiger partial charge is 0.407 e. The summed E-state index contributed by atoms with van der Waals surface area (Å²) in [5, 5.41) is 7.40. The number of aromatic amines is 1. The highest BCUT2D eigenvalue weighted by molar-refractivity contribution is 7.92. The van der Waals surface area contributed by atoms with Crippen LogP contribution < -0.4 is 10.3 Å². The first-order valence-electron chi connectivity index (χ1n) is 5.59. The molecule has 1 aliphatic rings. The molecule has 19 heavy (non-hydrogen) atoms. The van der Waals surface area contributed by atoms with Crippen molar-refractivity contribution in [2.75, 3.05) is 4.72 Å². The van der Waals surface area contributed by atoms with E-state index in [2.05, 4.69) is 19.9 Å². The van der Waals surface area contributed by atoms with Crippen LogP contribution in [0.3, 0.4) is 0 Å². The summed E-state index contributed by atoms with van der Waals surface area (Å²) in [7, 11) is -3.84. The lowest BCUT2D eigenvalue weighted by atomic mass is 10.4. The fraction of sp³-hybridized carbons (Fsp3) is 0.300. The lowest BCUT2D eigenvalue weighted by Crippen LogP contribution is -2.15. The van der Waals surface area contributed by atoms with E-state index in [1.165, 1.54) is 6.07 Å². The second-order valence-electron chi connectivity index (χ2n) is 4.21. The number of hydrogen-bond donors (Lipinski definition) is 2. The fourth-order valence-corrected chi connectivity index (χ4v) is 2.40. The second kappa shape index (κ2) is 4.19. The minimum atomic E-state index is -3.84. The van der Waals surface area contributed by atoms with Gasteiger partial charge >= 0.3 is 6.01 Å². The van der Waals surface area contributed by atoms with Gasteiger partial charge in [0.2, 0.25) is 11.4 Å². The molecule has 0 spiro atoms. The van der Waals surface area contributed by atoms with Gasteiger partial charge in [-0.2, -0.15) is 0 Å². The van der Waals surface area contributed by atoms with Crippen LogP contribution in [0.25, 0.3) is 0 Å². The lowest BCUT2D eigenvalue weighted by molar-refractivity contribution is 0.510. The third kappa shape index (κ3) is 2.50. The zero-order valence-electron chi connectivity index (χ0n) is 9.66. The molecule has 9 heteroatoms. The van der Waals surface area contributed by atoms with Crippen molar-refractivity contribution in [3.05, 3.63) is 34.6 Å². The molecule has 0 saturated heterocycles. The number of hydrogen-bond acceptors (Lipinski definition) is 6. The van der Waals surface area contributed by atoms with Crippen molar-refractivity contribution in [2.24, 2.45) is 0 Å². The number of pyridine rings is 1. The summed E-state index contributed by atoms with van der Waals surface area (Å²) in [6.07, 6.45) is 3.06. The molecule has 0 bridgehead atoms. The predicted molar refractivity (Wildman–Crippen MR) is 64.1 cm³/mol. The van der Waals surface area contributed by atoms with Crippen LogP contribution in [-0.2, 0) is 10.0 Å². The lowest BCUT2D eigenvalue weighted by Gasteiger charge is -2.02. The normalized spacial score (nSPS) is 15.4. The highest BCUT2D eigenvalue weighted by Gasteiger charge is 2.30. The Morgan fingerprint density at radius 1 is 1.32 bits per heavy atom. The van der Waals surface area contributed by atoms with E-state index in [0.717, 1.165) is 25.1 Å². The monoisotopic (exact) mass is 282 g/mol. The van der Waals surface area contributed by atoms with Gasteiger partial charge in [0, 0.05) is 18.2 Å². The van der Waals surface area contributed by atoms with E-state index in [0.29, 0.717) is 5.89 Å². The Balaban J connectivity index is 1.83. The Bertz CT molecular complexity index is 739. The summed E-state index contributed by atoms with van der Waals surface area (Å²) >= 11 is 0. The van der Waals surface area contributed by atoms with E-state index in [9.17, 15) is 13.2 Å². The van der Waals surface area contributed by atoms with Crippen LogP contribution in [-0.4, -0.2) is 23.6 Å². The molecule has 2 heterocycles. The summed E-state index contributed by atoms with van der Waals surface area (Å²) in [5.74, 6) is 0.693. The molecule has 3 rings (SSSR count). The zero-order chi connectivity index (χ0) is 13.5. The summed E-state index contributed by atoms with van der Waals surface area (Å²) in [6.45, 7) is 0. The van der Waals surface area contributed by atoms with E-state index in [1.54, 1.807) is 0 Å². The van der Waals surface area contributed by atoms with E-state index in [1.807, 2.05) is 0 Å². The van der Waals surface area contributed by atoms with E-state index >= 15 is 0 Å². The molecule has 0 amide bonds. The molecule has 8 nitrogen and oxygen atoms in total. The Labute approximate surface area is 107 Å². The number of H-pyrrole nitrogens is 1. The van der Waals surface area contributed by atoms with Gasteiger partial charge in [-0.1, -0.05) is 5.10 Å². The quantitative estimate of drug-likeness (QED) is 0.839. The molecule has 0 unspecified atom stereocenters. The van der Waals surface area contributed by atoms with Gasteiger partial charge in [0.1, 0.15) is 4.90 Å². The SMILES string of the molecule is O=c1ccc(S(=O)(=O)Nc2nnc(C3CC3)o2)c[nH]1. The minimum Gasteiger partial charge on any atom is -0.407 e. The molecule has 0 aliphatic heterocycles. The maximum atomic E-state index is 11.9. The number of nitrogens with one attached hydrogen (secondary N) is 2. The molecule has 0 atom stereocenters. The molecule has 1 fully saturated rings. The topological polar surface area (TPSA) is 118 Å². The Hall–Kier alpha value is -2.16. The Morgan fingerprint density at radius 3 is 2.74 bits per heavy atom. The molecule has 2 aromatic heterocycles. The van der Waals surface area contributed by atoms with Crippen LogP contribution in [0.15, 0.2) is 32.4 Å². The van der Waals surface area contributed by atoms with Gasteiger partial charge < -0.3 is 9.40 Å². The van der Waals surface area contributed by atoms with Gasteiger partial charge in [0.15, 0.2) is 0 Å². The molecule has 2 aromatic rings. The van der Waals surface area contributed by atoms with Gasteiger partial charge in [-0.25, -0.2) is 13.1 Å². The summed E-state index contributed by atoms with van der Waals surface area (Å²) < 4.78 is 31.3. The second-order valence-corrected chi connectivity index (χ2v) is 5.90. The molecular weight excluding hydrogens is 272 g/mol. The molecular formula is C10H10N4O4S. The van der Waals surface area contributed by atoms with Crippen molar-refractivity contribution in [3.8, 4) is 0 Å². The Morgan fingerprint density at radius 2 is 2.11 bits per heavy atom. The molecule has 0 radical (unpaired) electrons. The van der Waals surface area contributed by atoms with Crippen LogP contribution in [0.1, 0.15) is 24.7 Å². The van der Waals surface area contributed by atoms with E-state index in [4.69, 9.17) is 4.42 Å². The average molecular weight is 282 g/mol. The van der Waals surface area contributed by atoms with Crippen LogP contribution >= 0.6 is 0 Å². The van der Waals surface area contributed by atoms with Crippen molar-refractivity contribution in [3.63, 3.8) is 0 Å². The van der Waals surface area contributed by atoms with Gasteiger partial charge in [-0.3, -0.25) is 4.79 Å². The molecule has 0 aromatic carbocycles. The standard InChI is InChI=1S/C10H10N4O4S/c15-8-4-3-7(5-11-8)19(16,17)14-10-13-12-9(18-10)6-1-2-6/h3-6H,1-2H2,(H,11,15)(H,13,14). The number of sulfonamides is 1. The fourth-order valence-electron chi connectivity index (χ4n) is 1.51. The average Bonchev–Trinajstić information content (AvgIpc) is 3.11. The highest BCUT2D eigenvalue weighted by Crippen LogP contribution is 2.39. The molecule has 2 N–H and O–H groups in total. The van der Waals surface area contributed by atoms with Gasteiger partial charge in [-0.05, 0) is 18.9 Å². The maximum absolute atomic E-state index is 11.9. The minimum absolute atomic E-state index is 0.0849. The van der Waals surface area contributed by atoms with Crippen molar-refractivity contribution in [1.29, 1.82) is 0 Å². The number of aromatic nitrogens is 3. The van der Waals surface area contributed by atoms with Crippen LogP contribution in [0.4, 0.5) is 6.01 Å². The number of rotatable bonds is 4. The van der Waals surface area contributed by atoms with Crippen molar-refractivity contribution >= 4 is 16.0 Å². The van der Waals surface area contributed by atoms with Crippen LogP contribution in [0, 0.1) is 0 Å². The van der Waals surface area contributed by atoms with E-state index < -0.39 is 10.0 Å². The molecule has 100 valence electrons. The smallest absolute Gasteiger partial charge is 0.329 e. The van der Waals surface area contributed by atoms with Crippen molar-refractivity contribution < 1.29 is 12.8 Å². The number of anilines is 1. The summed E-state index contributed by atoms with van der Waals surface area (Å²) in [5.41, 5.74) is -0.382. The summed E-state index contributed by atoms with van der Waals surface area (Å²) in [4.78, 5) is 13.1. The van der Waals surface area contributed by atoms with Gasteiger partial charge in [-0.15, -0.1) is 5.10 Å². The maximum Gasteiger partial charge on any atom is 0.329 e. The third-order valence-electron chi connectivity index (χ3n) is 2.65.